The molecule has 0 aromatic carbocycles. The summed E-state index contributed by atoms with van der Waals surface area (Å²) in [5, 5.41) is 9.47. The number of halogens is 6. The summed E-state index contributed by atoms with van der Waals surface area (Å²) in [5.41, 5.74) is 3.27. The molecule has 1 aromatic heterocycles. The van der Waals surface area contributed by atoms with E-state index in [4.69, 9.17) is 23.2 Å². The molecule has 0 saturated carbocycles. The van der Waals surface area contributed by atoms with Crippen LogP contribution in [-0.4, -0.2) is 57.3 Å². The van der Waals surface area contributed by atoms with Gasteiger partial charge >= 0.3 is 6.18 Å². The van der Waals surface area contributed by atoms with Crippen molar-refractivity contribution in [1.29, 1.82) is 0 Å². The van der Waals surface area contributed by atoms with Crippen LogP contribution in [0.1, 0.15) is 25.0 Å². The number of fused-ring (bicyclic) bond motifs is 1. The van der Waals surface area contributed by atoms with Crippen LogP contribution in [0.3, 0.4) is 0 Å². The number of hydrogen-bond acceptors (Lipinski definition) is 6. The van der Waals surface area contributed by atoms with Crippen LogP contribution in [0.5, 0.6) is 0 Å². The zero-order valence-corrected chi connectivity index (χ0v) is 17.2. The largest absolute Gasteiger partial charge is 0.451 e. The molecule has 0 amide bonds. The fourth-order valence-corrected chi connectivity index (χ4v) is 3.50. The van der Waals surface area contributed by atoms with E-state index in [2.05, 4.69) is 32.2 Å². The van der Waals surface area contributed by atoms with Gasteiger partial charge in [0.15, 0.2) is 5.82 Å². The molecule has 0 saturated heterocycles. The molecule has 0 fully saturated rings. The van der Waals surface area contributed by atoms with Gasteiger partial charge in [-0.15, -0.1) is 0 Å². The van der Waals surface area contributed by atoms with Crippen LogP contribution in [0.15, 0.2) is 44.2 Å². The van der Waals surface area contributed by atoms with Gasteiger partial charge in [0.1, 0.15) is 17.4 Å². The smallest absolute Gasteiger partial charge is 0.287 e. The Hall–Kier alpha value is -2.24. The van der Waals surface area contributed by atoms with E-state index in [0.29, 0.717) is 24.5 Å². The SMILES string of the molecule is C=C(Cl)/C(CN1CCN=C2NN=C(c3n[nH]c(C(F)(F)F)n3)CC21)=C(Cl)\C(F)=C/C. The lowest BCUT2D eigenvalue weighted by atomic mass is 10.0. The van der Waals surface area contributed by atoms with Crippen molar-refractivity contribution >= 4 is 34.7 Å². The number of nitrogens with one attached hydrogen (secondary N) is 2. The molecule has 162 valence electrons. The highest BCUT2D eigenvalue weighted by molar-refractivity contribution is 6.36. The van der Waals surface area contributed by atoms with E-state index in [9.17, 15) is 17.6 Å². The van der Waals surface area contributed by atoms with Crippen LogP contribution in [0.25, 0.3) is 0 Å². The van der Waals surface area contributed by atoms with E-state index < -0.39 is 17.8 Å². The minimum Gasteiger partial charge on any atom is -0.287 e. The third-order valence-electron chi connectivity index (χ3n) is 4.55. The standard InChI is InChI=1S/C17H17Cl2F4N7/c1-3-10(20)13(19)9(8(2)18)7-30-5-4-24-15-12(30)6-11(26-28-15)14-25-16(29-27-14)17(21,22)23/h3,12H,2,4-7H2,1H3,(H,24,28)(H,25,27,29)/b10-3+,13-9+. The van der Waals surface area contributed by atoms with Crippen LogP contribution in [-0.2, 0) is 6.18 Å². The summed E-state index contributed by atoms with van der Waals surface area (Å²) in [5.74, 6) is -1.49. The molecular weight excluding hydrogens is 449 g/mol. The van der Waals surface area contributed by atoms with Crippen molar-refractivity contribution < 1.29 is 17.6 Å². The zero-order valence-electron chi connectivity index (χ0n) is 15.7. The van der Waals surface area contributed by atoms with Gasteiger partial charge in [0.05, 0.1) is 17.6 Å². The first kappa shape index (κ1) is 22.4. The molecule has 2 aliphatic heterocycles. The third kappa shape index (κ3) is 4.73. The quantitative estimate of drug-likeness (QED) is 0.512. The van der Waals surface area contributed by atoms with Gasteiger partial charge in [-0.25, -0.2) is 9.37 Å². The number of aromatic nitrogens is 3. The molecule has 1 atom stereocenters. The number of allylic oxidation sites excluding steroid dienone is 3. The van der Waals surface area contributed by atoms with E-state index in [1.54, 1.807) is 0 Å². The highest BCUT2D eigenvalue weighted by Crippen LogP contribution is 2.30. The van der Waals surface area contributed by atoms with Gasteiger partial charge in [-0.05, 0) is 6.92 Å². The topological polar surface area (TPSA) is 81.6 Å². The second kappa shape index (κ2) is 8.86. The molecule has 3 heterocycles. The Morgan fingerprint density at radius 1 is 1.37 bits per heavy atom. The van der Waals surface area contributed by atoms with Gasteiger partial charge in [0, 0.05) is 30.1 Å². The highest BCUT2D eigenvalue weighted by atomic mass is 35.5. The molecule has 1 aromatic rings. The predicted molar refractivity (Wildman–Crippen MR) is 106 cm³/mol. The lowest BCUT2D eigenvalue weighted by Crippen LogP contribution is -2.54. The van der Waals surface area contributed by atoms with Crippen molar-refractivity contribution in [2.24, 2.45) is 10.1 Å². The third-order valence-corrected chi connectivity index (χ3v) is 5.18. The monoisotopic (exact) mass is 465 g/mol. The highest BCUT2D eigenvalue weighted by Gasteiger charge is 2.38. The summed E-state index contributed by atoms with van der Waals surface area (Å²) in [6, 6.07) is -0.386. The normalized spacial score (nSPS) is 21.3. The van der Waals surface area contributed by atoms with E-state index in [1.165, 1.54) is 13.0 Å². The second-order valence-corrected chi connectivity index (χ2v) is 7.30. The number of H-pyrrole nitrogens is 1. The van der Waals surface area contributed by atoms with Crippen LogP contribution >= 0.6 is 23.2 Å². The van der Waals surface area contributed by atoms with Crippen LogP contribution < -0.4 is 5.43 Å². The lowest BCUT2D eigenvalue weighted by Gasteiger charge is -2.37. The molecule has 3 rings (SSSR count). The molecule has 0 bridgehead atoms. The van der Waals surface area contributed by atoms with E-state index >= 15 is 0 Å². The average Bonchev–Trinajstić information content (AvgIpc) is 3.21. The Morgan fingerprint density at radius 2 is 2.10 bits per heavy atom. The summed E-state index contributed by atoms with van der Waals surface area (Å²) < 4.78 is 52.4. The van der Waals surface area contributed by atoms with E-state index in [1.807, 2.05) is 10.00 Å². The van der Waals surface area contributed by atoms with Crippen molar-refractivity contribution in [1.82, 2.24) is 25.5 Å². The Labute approximate surface area is 179 Å². The number of amidine groups is 1. The summed E-state index contributed by atoms with van der Waals surface area (Å²) in [4.78, 5) is 9.75. The van der Waals surface area contributed by atoms with E-state index in [-0.39, 0.29) is 40.6 Å². The lowest BCUT2D eigenvalue weighted by molar-refractivity contribution is -0.144. The first-order valence-electron chi connectivity index (χ1n) is 8.78. The van der Waals surface area contributed by atoms with Crippen LogP contribution in [0.2, 0.25) is 0 Å². The van der Waals surface area contributed by atoms with Gasteiger partial charge in [0.2, 0.25) is 5.82 Å². The van der Waals surface area contributed by atoms with Crippen molar-refractivity contribution in [3.63, 3.8) is 0 Å². The maximum Gasteiger partial charge on any atom is 0.451 e. The molecule has 0 spiro atoms. The van der Waals surface area contributed by atoms with Gasteiger partial charge in [-0.3, -0.25) is 20.4 Å². The number of hydrazone groups is 1. The fraction of sp³-hybridized carbons (Fsp3) is 0.412. The number of rotatable bonds is 5. The van der Waals surface area contributed by atoms with Crippen molar-refractivity contribution in [2.75, 3.05) is 19.6 Å². The minimum atomic E-state index is -4.65. The average molecular weight is 466 g/mol. The van der Waals surface area contributed by atoms with Crippen LogP contribution in [0.4, 0.5) is 17.6 Å². The molecule has 1 unspecified atom stereocenters. The summed E-state index contributed by atoms with van der Waals surface area (Å²) in [6.07, 6.45) is -3.25. The van der Waals surface area contributed by atoms with Crippen molar-refractivity contribution in [2.45, 2.75) is 25.6 Å². The second-order valence-electron chi connectivity index (χ2n) is 6.47. The first-order valence-corrected chi connectivity index (χ1v) is 9.54. The molecule has 30 heavy (non-hydrogen) atoms. The maximum atomic E-state index is 14.0. The summed E-state index contributed by atoms with van der Waals surface area (Å²) >= 11 is 12.2. The maximum absolute atomic E-state index is 14.0. The number of nitrogens with zero attached hydrogens (tertiary/aromatic N) is 5. The molecule has 0 radical (unpaired) electrons. The van der Waals surface area contributed by atoms with Gasteiger partial charge in [-0.1, -0.05) is 35.9 Å². The Balaban J connectivity index is 1.85. The minimum absolute atomic E-state index is 0.0857. The van der Waals surface area contributed by atoms with Gasteiger partial charge in [0.25, 0.3) is 0 Å². The predicted octanol–water partition coefficient (Wildman–Crippen LogP) is 3.72. The van der Waals surface area contributed by atoms with Crippen molar-refractivity contribution in [3.05, 3.63) is 45.8 Å². The Bertz CT molecular complexity index is 962. The van der Waals surface area contributed by atoms with Crippen molar-refractivity contribution in [3.8, 4) is 0 Å². The molecule has 2 N–H and O–H groups in total. The molecule has 0 aliphatic carbocycles. The summed E-state index contributed by atoms with van der Waals surface area (Å²) in [6.45, 7) is 6.23. The number of hydrogen-bond donors (Lipinski definition) is 2. The Kier molecular flexibility index (Phi) is 6.63. The van der Waals surface area contributed by atoms with E-state index in [0.717, 1.165) is 0 Å². The Morgan fingerprint density at radius 3 is 2.70 bits per heavy atom. The van der Waals surface area contributed by atoms with Crippen LogP contribution in [0, 0.1) is 0 Å². The van der Waals surface area contributed by atoms with Gasteiger partial charge < -0.3 is 0 Å². The molecule has 7 nitrogen and oxygen atoms in total. The fourth-order valence-electron chi connectivity index (χ4n) is 3.02. The zero-order chi connectivity index (χ0) is 22.1. The number of aromatic amines is 1. The number of aliphatic imine (C=N–C) groups is 1. The molecule has 13 heteroatoms. The summed E-state index contributed by atoms with van der Waals surface area (Å²) in [7, 11) is 0. The van der Waals surface area contributed by atoms with Gasteiger partial charge in [-0.2, -0.15) is 23.4 Å². The first-order chi connectivity index (χ1) is 14.1. The number of alkyl halides is 3. The molecule has 2 aliphatic rings. The molecular formula is C17H17Cl2F4N7.